The Labute approximate surface area is 183 Å². The van der Waals surface area contributed by atoms with Crippen molar-refractivity contribution in [1.29, 1.82) is 0 Å². The summed E-state index contributed by atoms with van der Waals surface area (Å²) in [5.74, 6) is 0.758. The van der Waals surface area contributed by atoms with E-state index < -0.39 is 4.92 Å². The number of aromatic nitrogens is 2. The summed E-state index contributed by atoms with van der Waals surface area (Å²) >= 11 is 5.91. The van der Waals surface area contributed by atoms with Gasteiger partial charge < -0.3 is 9.84 Å². The Hall–Kier alpha value is -3.30. The average molecular weight is 442 g/mol. The maximum atomic E-state index is 12.5. The molecule has 0 saturated carbocycles. The van der Waals surface area contributed by atoms with E-state index in [0.717, 1.165) is 5.56 Å². The molecule has 1 saturated heterocycles. The first-order valence-corrected chi connectivity index (χ1v) is 10.2. The van der Waals surface area contributed by atoms with Crippen LogP contribution in [-0.4, -0.2) is 39.0 Å². The number of nitro benzene ring substituents is 1. The molecule has 2 heterocycles. The Morgan fingerprint density at radius 1 is 1.23 bits per heavy atom. The molecule has 0 radical (unpaired) electrons. The van der Waals surface area contributed by atoms with Crippen molar-refractivity contribution >= 4 is 28.9 Å². The van der Waals surface area contributed by atoms with Crippen LogP contribution >= 0.6 is 11.6 Å². The van der Waals surface area contributed by atoms with Gasteiger partial charge in [-0.3, -0.25) is 19.8 Å². The number of nitrogens with one attached hydrogen (secondary N) is 1. The van der Waals surface area contributed by atoms with E-state index in [1.165, 1.54) is 12.1 Å². The standard InChI is InChI=1S/C21H20ClN5O4/c22-16-6-4-14(5-7-16)20-24-19(31-25-20)13-26-10-8-15(9-11-26)21(28)23-17-2-1-3-18(12-17)27(29)30/h1-7,12,15H,8-11,13H2,(H,23,28). The summed E-state index contributed by atoms with van der Waals surface area (Å²) in [4.78, 5) is 29.6. The average Bonchev–Trinajstić information content (AvgIpc) is 3.23. The van der Waals surface area contributed by atoms with Crippen LogP contribution in [-0.2, 0) is 11.3 Å². The summed E-state index contributed by atoms with van der Waals surface area (Å²) in [5, 5.41) is 18.3. The normalized spacial score (nSPS) is 15.0. The van der Waals surface area contributed by atoms with Gasteiger partial charge >= 0.3 is 0 Å². The number of anilines is 1. The third kappa shape index (κ3) is 5.25. The molecule has 0 aliphatic carbocycles. The Balaban J connectivity index is 1.29. The Morgan fingerprint density at radius 2 is 1.97 bits per heavy atom. The van der Waals surface area contributed by atoms with Crippen molar-refractivity contribution in [2.75, 3.05) is 18.4 Å². The van der Waals surface area contributed by atoms with Gasteiger partial charge in [0.25, 0.3) is 5.69 Å². The zero-order valence-corrected chi connectivity index (χ0v) is 17.3. The molecule has 1 amide bonds. The maximum absolute atomic E-state index is 12.5. The number of halogens is 1. The van der Waals surface area contributed by atoms with Crippen LogP contribution in [0.2, 0.25) is 5.02 Å². The minimum atomic E-state index is -0.482. The fraction of sp³-hybridized carbons (Fsp3) is 0.286. The van der Waals surface area contributed by atoms with Gasteiger partial charge in [-0.15, -0.1) is 0 Å². The summed E-state index contributed by atoms with van der Waals surface area (Å²) < 4.78 is 5.37. The molecule has 1 aromatic heterocycles. The monoisotopic (exact) mass is 441 g/mol. The van der Waals surface area contributed by atoms with Crippen LogP contribution in [0.4, 0.5) is 11.4 Å². The number of non-ortho nitro benzene ring substituents is 1. The number of amides is 1. The van der Waals surface area contributed by atoms with E-state index in [1.807, 2.05) is 12.1 Å². The summed E-state index contributed by atoms with van der Waals surface area (Å²) in [5.41, 5.74) is 1.21. The Morgan fingerprint density at radius 3 is 2.68 bits per heavy atom. The van der Waals surface area contributed by atoms with Gasteiger partial charge in [0, 0.05) is 34.3 Å². The molecule has 1 aliphatic rings. The molecule has 4 rings (SSSR count). The second-order valence-electron chi connectivity index (χ2n) is 7.37. The highest BCUT2D eigenvalue weighted by molar-refractivity contribution is 6.30. The first-order valence-electron chi connectivity index (χ1n) is 9.84. The molecular formula is C21H20ClN5O4. The number of hydrogen-bond donors (Lipinski definition) is 1. The molecule has 9 nitrogen and oxygen atoms in total. The highest BCUT2D eigenvalue weighted by Gasteiger charge is 2.26. The van der Waals surface area contributed by atoms with Crippen LogP contribution < -0.4 is 5.32 Å². The van der Waals surface area contributed by atoms with Crippen molar-refractivity contribution in [1.82, 2.24) is 15.0 Å². The molecular weight excluding hydrogens is 422 g/mol. The summed E-state index contributed by atoms with van der Waals surface area (Å²) in [6, 6.07) is 13.2. The van der Waals surface area contributed by atoms with E-state index in [2.05, 4.69) is 20.4 Å². The third-order valence-electron chi connectivity index (χ3n) is 5.21. The minimum absolute atomic E-state index is 0.0508. The molecule has 1 aliphatic heterocycles. The van der Waals surface area contributed by atoms with Gasteiger partial charge in [0.1, 0.15) is 0 Å². The van der Waals surface area contributed by atoms with E-state index in [9.17, 15) is 14.9 Å². The van der Waals surface area contributed by atoms with Crippen LogP contribution in [0.1, 0.15) is 18.7 Å². The summed E-state index contributed by atoms with van der Waals surface area (Å²) in [6.45, 7) is 1.94. The van der Waals surface area contributed by atoms with Crippen molar-refractivity contribution in [3.63, 3.8) is 0 Å². The highest BCUT2D eigenvalue weighted by Crippen LogP contribution is 2.23. The van der Waals surface area contributed by atoms with Crippen molar-refractivity contribution in [3.05, 3.63) is 69.6 Å². The SMILES string of the molecule is O=C(Nc1cccc([N+](=O)[O-])c1)C1CCN(Cc2nc(-c3ccc(Cl)cc3)no2)CC1. The van der Waals surface area contributed by atoms with Gasteiger partial charge in [-0.1, -0.05) is 22.8 Å². The van der Waals surface area contributed by atoms with Crippen LogP contribution in [0.3, 0.4) is 0 Å². The summed E-state index contributed by atoms with van der Waals surface area (Å²) in [7, 11) is 0. The van der Waals surface area contributed by atoms with E-state index in [4.69, 9.17) is 16.1 Å². The fourth-order valence-corrected chi connectivity index (χ4v) is 3.65. The molecule has 3 aromatic rings. The van der Waals surface area contributed by atoms with E-state index in [0.29, 0.717) is 54.9 Å². The lowest BCUT2D eigenvalue weighted by atomic mass is 9.96. The lowest BCUT2D eigenvalue weighted by Gasteiger charge is -2.30. The zero-order chi connectivity index (χ0) is 21.8. The number of rotatable bonds is 6. The number of hydrogen-bond acceptors (Lipinski definition) is 7. The lowest BCUT2D eigenvalue weighted by molar-refractivity contribution is -0.384. The van der Waals surface area contributed by atoms with Crippen LogP contribution in [0.5, 0.6) is 0 Å². The molecule has 1 fully saturated rings. The van der Waals surface area contributed by atoms with E-state index in [-0.39, 0.29) is 17.5 Å². The van der Waals surface area contributed by atoms with Gasteiger partial charge in [0.05, 0.1) is 11.5 Å². The number of benzene rings is 2. The number of likely N-dealkylation sites (tertiary alicyclic amines) is 1. The topological polar surface area (TPSA) is 114 Å². The first-order chi connectivity index (χ1) is 15.0. The predicted octanol–water partition coefficient (Wildman–Crippen LogP) is 4.15. The number of carbonyl (C=O) groups is 1. The molecule has 31 heavy (non-hydrogen) atoms. The Kier molecular flexibility index (Phi) is 6.24. The second-order valence-corrected chi connectivity index (χ2v) is 7.80. The van der Waals surface area contributed by atoms with Crippen LogP contribution in [0.25, 0.3) is 11.4 Å². The predicted molar refractivity (Wildman–Crippen MR) is 114 cm³/mol. The minimum Gasteiger partial charge on any atom is -0.338 e. The number of carbonyl (C=O) groups excluding carboxylic acids is 1. The number of nitrogens with zero attached hydrogens (tertiary/aromatic N) is 4. The zero-order valence-electron chi connectivity index (χ0n) is 16.5. The third-order valence-corrected chi connectivity index (χ3v) is 5.46. The van der Waals surface area contributed by atoms with Crippen molar-refractivity contribution in [2.24, 2.45) is 5.92 Å². The molecule has 0 atom stereocenters. The molecule has 0 unspecified atom stereocenters. The smallest absolute Gasteiger partial charge is 0.271 e. The van der Waals surface area contributed by atoms with E-state index >= 15 is 0 Å². The highest BCUT2D eigenvalue weighted by atomic mass is 35.5. The van der Waals surface area contributed by atoms with E-state index in [1.54, 1.807) is 24.3 Å². The van der Waals surface area contributed by atoms with Crippen molar-refractivity contribution < 1.29 is 14.2 Å². The maximum Gasteiger partial charge on any atom is 0.271 e. The molecule has 2 aromatic carbocycles. The lowest BCUT2D eigenvalue weighted by Crippen LogP contribution is -2.37. The molecule has 160 valence electrons. The number of piperidine rings is 1. The van der Waals surface area contributed by atoms with Crippen molar-refractivity contribution in [3.8, 4) is 11.4 Å². The van der Waals surface area contributed by atoms with Gasteiger partial charge in [0.2, 0.25) is 17.6 Å². The first kappa shape index (κ1) is 21.0. The van der Waals surface area contributed by atoms with Gasteiger partial charge in [-0.2, -0.15) is 4.98 Å². The number of nitro groups is 1. The summed E-state index contributed by atoms with van der Waals surface area (Å²) in [6.07, 6.45) is 1.36. The van der Waals surface area contributed by atoms with Crippen LogP contribution in [0.15, 0.2) is 53.1 Å². The van der Waals surface area contributed by atoms with Gasteiger partial charge in [-0.25, -0.2) is 0 Å². The molecule has 10 heteroatoms. The fourth-order valence-electron chi connectivity index (χ4n) is 3.52. The largest absolute Gasteiger partial charge is 0.338 e. The van der Waals surface area contributed by atoms with Crippen LogP contribution in [0, 0.1) is 16.0 Å². The molecule has 0 bridgehead atoms. The second kappa shape index (κ2) is 9.23. The van der Waals surface area contributed by atoms with Gasteiger partial charge in [-0.05, 0) is 56.3 Å². The molecule has 0 spiro atoms. The Bertz CT molecular complexity index is 1080. The van der Waals surface area contributed by atoms with Gasteiger partial charge in [0.15, 0.2) is 0 Å². The quantitative estimate of drug-likeness (QED) is 0.451. The van der Waals surface area contributed by atoms with Crippen molar-refractivity contribution in [2.45, 2.75) is 19.4 Å². The molecule has 1 N–H and O–H groups in total.